The zero-order valence-corrected chi connectivity index (χ0v) is 12.0. The monoisotopic (exact) mass is 264 g/mol. The van der Waals surface area contributed by atoms with Crippen molar-refractivity contribution < 1.29 is 0 Å². The third-order valence-electron chi connectivity index (χ3n) is 2.83. The van der Waals surface area contributed by atoms with Gasteiger partial charge in [-0.25, -0.2) is 9.97 Å². The molecule has 0 amide bonds. The van der Waals surface area contributed by atoms with E-state index in [1.54, 1.807) is 11.3 Å². The number of aryl methyl sites for hydroxylation is 2. The van der Waals surface area contributed by atoms with Crippen LogP contribution in [0.25, 0.3) is 0 Å². The first-order chi connectivity index (χ1) is 8.70. The lowest BCUT2D eigenvalue weighted by Crippen LogP contribution is -2.17. The topological polar surface area (TPSA) is 42.7 Å². The zero-order valence-electron chi connectivity index (χ0n) is 11.2. The highest BCUT2D eigenvalue weighted by Crippen LogP contribution is 2.13. The maximum absolute atomic E-state index is 4.51. The summed E-state index contributed by atoms with van der Waals surface area (Å²) in [5.41, 5.74) is 2.33. The lowest BCUT2D eigenvalue weighted by atomic mass is 10.4. The first-order valence-corrected chi connectivity index (χ1v) is 7.21. The van der Waals surface area contributed by atoms with Gasteiger partial charge >= 0.3 is 0 Å². The van der Waals surface area contributed by atoms with Gasteiger partial charge in [0.25, 0.3) is 0 Å². The zero-order chi connectivity index (χ0) is 13.0. The number of imidazole rings is 1. The fourth-order valence-electron chi connectivity index (χ4n) is 1.88. The van der Waals surface area contributed by atoms with Gasteiger partial charge in [-0.15, -0.1) is 11.3 Å². The summed E-state index contributed by atoms with van der Waals surface area (Å²) in [4.78, 5) is 8.91. The van der Waals surface area contributed by atoms with Gasteiger partial charge in [0.1, 0.15) is 10.8 Å². The van der Waals surface area contributed by atoms with Crippen LogP contribution in [0.15, 0.2) is 11.6 Å². The average molecular weight is 264 g/mol. The van der Waals surface area contributed by atoms with E-state index in [1.807, 2.05) is 20.0 Å². The molecule has 0 fully saturated rings. The van der Waals surface area contributed by atoms with Crippen LogP contribution in [0.3, 0.4) is 0 Å². The smallest absolute Gasteiger partial charge is 0.113 e. The molecule has 18 heavy (non-hydrogen) atoms. The third-order valence-corrected chi connectivity index (χ3v) is 3.78. The molecule has 5 heteroatoms. The molecule has 0 unspecified atom stereocenters. The second-order valence-electron chi connectivity index (χ2n) is 4.44. The van der Waals surface area contributed by atoms with Crippen LogP contribution in [0.4, 0.5) is 0 Å². The van der Waals surface area contributed by atoms with Crippen LogP contribution in [-0.2, 0) is 13.1 Å². The van der Waals surface area contributed by atoms with Crippen LogP contribution < -0.4 is 5.32 Å². The minimum atomic E-state index is 0.827. The van der Waals surface area contributed by atoms with Crippen molar-refractivity contribution in [2.24, 2.45) is 0 Å². The van der Waals surface area contributed by atoms with E-state index in [-0.39, 0.29) is 0 Å². The molecule has 0 spiro atoms. The molecule has 0 radical (unpaired) electrons. The van der Waals surface area contributed by atoms with Gasteiger partial charge < -0.3 is 9.88 Å². The predicted molar refractivity (Wildman–Crippen MR) is 74.9 cm³/mol. The van der Waals surface area contributed by atoms with Gasteiger partial charge in [-0.05, 0) is 26.8 Å². The number of hydrogen-bond acceptors (Lipinski definition) is 4. The summed E-state index contributed by atoms with van der Waals surface area (Å²) >= 11 is 1.71. The van der Waals surface area contributed by atoms with Crippen LogP contribution >= 0.6 is 11.3 Å². The Morgan fingerprint density at radius 2 is 2.22 bits per heavy atom. The van der Waals surface area contributed by atoms with E-state index in [0.717, 1.165) is 42.6 Å². The molecule has 0 aromatic carbocycles. The van der Waals surface area contributed by atoms with Crippen molar-refractivity contribution in [3.8, 4) is 0 Å². The van der Waals surface area contributed by atoms with Crippen molar-refractivity contribution in [2.75, 3.05) is 6.54 Å². The van der Waals surface area contributed by atoms with E-state index in [1.165, 1.54) is 5.69 Å². The summed E-state index contributed by atoms with van der Waals surface area (Å²) in [5, 5.41) is 6.66. The Hall–Kier alpha value is -1.20. The molecule has 2 heterocycles. The van der Waals surface area contributed by atoms with Crippen LogP contribution in [-0.4, -0.2) is 21.1 Å². The van der Waals surface area contributed by atoms with E-state index in [2.05, 4.69) is 32.2 Å². The van der Waals surface area contributed by atoms with Gasteiger partial charge in [-0.2, -0.15) is 0 Å². The van der Waals surface area contributed by atoms with Gasteiger partial charge in [0.15, 0.2) is 0 Å². The van der Waals surface area contributed by atoms with Crippen LogP contribution in [0.1, 0.15) is 35.6 Å². The molecule has 0 aliphatic heterocycles. The van der Waals surface area contributed by atoms with E-state index in [9.17, 15) is 0 Å². The fraction of sp³-hybridized carbons (Fsp3) is 0.538. The first kappa shape index (κ1) is 13.2. The second kappa shape index (κ2) is 6.11. The summed E-state index contributed by atoms with van der Waals surface area (Å²) in [6.45, 7) is 9.00. The Labute approximate surface area is 112 Å². The number of nitrogens with zero attached hydrogens (tertiary/aromatic N) is 3. The summed E-state index contributed by atoms with van der Waals surface area (Å²) in [5.74, 6) is 1.05. The molecule has 0 bridgehead atoms. The highest BCUT2D eigenvalue weighted by molar-refractivity contribution is 7.09. The van der Waals surface area contributed by atoms with E-state index in [0.29, 0.717) is 0 Å². The van der Waals surface area contributed by atoms with E-state index >= 15 is 0 Å². The molecule has 2 rings (SSSR count). The maximum atomic E-state index is 4.51. The Kier molecular flexibility index (Phi) is 4.49. The molecule has 2 aromatic heterocycles. The highest BCUT2D eigenvalue weighted by atomic mass is 32.1. The SMILES string of the molecule is CCCNCc1cnc(C)n1Cc1nc(C)cs1. The van der Waals surface area contributed by atoms with Crippen LogP contribution in [0.2, 0.25) is 0 Å². The van der Waals surface area contributed by atoms with Crippen molar-refractivity contribution >= 4 is 11.3 Å². The van der Waals surface area contributed by atoms with E-state index < -0.39 is 0 Å². The Balaban J connectivity index is 2.08. The summed E-state index contributed by atoms with van der Waals surface area (Å²) in [7, 11) is 0. The molecule has 1 N–H and O–H groups in total. The fourth-order valence-corrected chi connectivity index (χ4v) is 2.64. The predicted octanol–water partition coefficient (Wildman–Crippen LogP) is 2.50. The molecule has 0 aliphatic rings. The molecule has 0 aliphatic carbocycles. The number of thiazole rings is 1. The molecule has 0 saturated carbocycles. The second-order valence-corrected chi connectivity index (χ2v) is 5.38. The van der Waals surface area contributed by atoms with Gasteiger partial charge in [0, 0.05) is 23.8 Å². The molecule has 4 nitrogen and oxygen atoms in total. The van der Waals surface area contributed by atoms with Gasteiger partial charge in [0.05, 0.1) is 12.2 Å². The summed E-state index contributed by atoms with van der Waals surface area (Å²) in [6.07, 6.45) is 3.11. The first-order valence-electron chi connectivity index (χ1n) is 6.33. The number of rotatable bonds is 6. The van der Waals surface area contributed by atoms with Gasteiger partial charge in [-0.3, -0.25) is 0 Å². The normalized spacial score (nSPS) is 11.1. The largest absolute Gasteiger partial charge is 0.324 e. The quantitative estimate of drug-likeness (QED) is 0.815. The molecule has 0 saturated heterocycles. The Morgan fingerprint density at radius 1 is 1.39 bits per heavy atom. The number of hydrogen-bond donors (Lipinski definition) is 1. The van der Waals surface area contributed by atoms with E-state index in [4.69, 9.17) is 0 Å². The Bertz CT molecular complexity index is 501. The van der Waals surface area contributed by atoms with Crippen molar-refractivity contribution in [2.45, 2.75) is 40.3 Å². The number of aromatic nitrogens is 3. The average Bonchev–Trinajstić information content (AvgIpc) is 2.90. The standard InChI is InChI=1S/C13H20N4S/c1-4-5-14-6-12-7-15-11(3)17(12)8-13-16-10(2)9-18-13/h7,9,14H,4-6,8H2,1-3H3. The van der Waals surface area contributed by atoms with Gasteiger partial charge in [-0.1, -0.05) is 6.92 Å². The van der Waals surface area contributed by atoms with Gasteiger partial charge in [0.2, 0.25) is 0 Å². The molecular weight excluding hydrogens is 244 g/mol. The maximum Gasteiger partial charge on any atom is 0.113 e. The highest BCUT2D eigenvalue weighted by Gasteiger charge is 2.08. The van der Waals surface area contributed by atoms with Crippen molar-refractivity contribution in [1.82, 2.24) is 19.9 Å². The molecule has 0 atom stereocenters. The van der Waals surface area contributed by atoms with Crippen LogP contribution in [0.5, 0.6) is 0 Å². The minimum absolute atomic E-state index is 0.827. The molecule has 2 aromatic rings. The van der Waals surface area contributed by atoms with Crippen molar-refractivity contribution in [3.05, 3.63) is 33.8 Å². The lowest BCUT2D eigenvalue weighted by molar-refractivity contribution is 0.622. The van der Waals surface area contributed by atoms with Crippen molar-refractivity contribution in [3.63, 3.8) is 0 Å². The molecular formula is C13H20N4S. The molecule has 98 valence electrons. The Morgan fingerprint density at radius 3 is 2.89 bits per heavy atom. The summed E-state index contributed by atoms with van der Waals surface area (Å²) in [6, 6.07) is 0. The number of nitrogens with one attached hydrogen (secondary N) is 1. The summed E-state index contributed by atoms with van der Waals surface area (Å²) < 4.78 is 2.24. The minimum Gasteiger partial charge on any atom is -0.324 e. The third kappa shape index (κ3) is 3.17. The van der Waals surface area contributed by atoms with Crippen LogP contribution in [0, 0.1) is 13.8 Å². The van der Waals surface area contributed by atoms with Crippen molar-refractivity contribution in [1.29, 1.82) is 0 Å². The lowest BCUT2D eigenvalue weighted by Gasteiger charge is -2.09.